The zero-order valence-electron chi connectivity index (χ0n) is 15.5. The molecule has 1 atom stereocenters. The van der Waals surface area contributed by atoms with E-state index in [2.05, 4.69) is 47.7 Å². The van der Waals surface area contributed by atoms with E-state index in [4.69, 9.17) is 0 Å². The first-order valence-corrected chi connectivity index (χ1v) is 10.6. The van der Waals surface area contributed by atoms with Gasteiger partial charge in [0.15, 0.2) is 5.96 Å². The third-order valence-electron chi connectivity index (χ3n) is 3.60. The molecule has 136 valence electrons. The second-order valence-corrected chi connectivity index (χ2v) is 8.73. The minimum Gasteiger partial charge on any atom is -0.357 e. The van der Waals surface area contributed by atoms with Crippen molar-refractivity contribution in [2.75, 3.05) is 25.1 Å². The first kappa shape index (κ1) is 20.5. The van der Waals surface area contributed by atoms with Gasteiger partial charge in [-0.3, -0.25) is 4.99 Å². The Kier molecular flexibility index (Phi) is 8.25. The molecule has 2 N–H and O–H groups in total. The summed E-state index contributed by atoms with van der Waals surface area (Å²) in [5, 5.41) is 6.48. The van der Waals surface area contributed by atoms with Crippen LogP contribution in [0.5, 0.6) is 0 Å². The Balaban J connectivity index is 2.58. The van der Waals surface area contributed by atoms with Gasteiger partial charge in [0.25, 0.3) is 0 Å². The fourth-order valence-electron chi connectivity index (χ4n) is 2.53. The van der Waals surface area contributed by atoms with Gasteiger partial charge in [-0.15, -0.1) is 0 Å². The fraction of sp³-hybridized carbons (Fsp3) is 0.611. The van der Waals surface area contributed by atoms with E-state index in [0.29, 0.717) is 13.0 Å². The summed E-state index contributed by atoms with van der Waals surface area (Å²) >= 11 is 0. The van der Waals surface area contributed by atoms with Gasteiger partial charge in [0.2, 0.25) is 0 Å². The van der Waals surface area contributed by atoms with Crippen LogP contribution in [0, 0.1) is 13.8 Å². The molecule has 0 heterocycles. The molecule has 1 aromatic rings. The SMILES string of the molecule is CCNC(=NCCc1cc(C)cc(C)c1)NC(C)CCS(C)(=O)=O. The van der Waals surface area contributed by atoms with Crippen molar-refractivity contribution >= 4 is 15.8 Å². The van der Waals surface area contributed by atoms with E-state index in [1.807, 2.05) is 13.8 Å². The zero-order valence-corrected chi connectivity index (χ0v) is 16.3. The molecule has 0 aliphatic heterocycles. The average molecular weight is 354 g/mol. The summed E-state index contributed by atoms with van der Waals surface area (Å²) in [6.45, 7) is 9.67. The summed E-state index contributed by atoms with van der Waals surface area (Å²) in [5.74, 6) is 0.922. The molecule has 0 bridgehead atoms. The fourth-order valence-corrected chi connectivity index (χ4v) is 3.31. The van der Waals surface area contributed by atoms with Gasteiger partial charge in [0.05, 0.1) is 5.75 Å². The number of sulfone groups is 1. The van der Waals surface area contributed by atoms with Crippen molar-refractivity contribution in [1.82, 2.24) is 10.6 Å². The molecule has 0 aliphatic rings. The van der Waals surface area contributed by atoms with Crippen LogP contribution in [0.4, 0.5) is 0 Å². The molecule has 24 heavy (non-hydrogen) atoms. The minimum atomic E-state index is -2.93. The number of hydrogen-bond acceptors (Lipinski definition) is 3. The molecule has 1 aromatic carbocycles. The highest BCUT2D eigenvalue weighted by molar-refractivity contribution is 7.90. The van der Waals surface area contributed by atoms with Crippen molar-refractivity contribution in [1.29, 1.82) is 0 Å². The molecule has 1 rings (SSSR count). The molecule has 5 nitrogen and oxygen atoms in total. The highest BCUT2D eigenvalue weighted by Gasteiger charge is 2.09. The Hall–Kier alpha value is -1.56. The van der Waals surface area contributed by atoms with Gasteiger partial charge in [-0.05, 0) is 46.1 Å². The van der Waals surface area contributed by atoms with Gasteiger partial charge >= 0.3 is 0 Å². The van der Waals surface area contributed by atoms with Crippen molar-refractivity contribution in [2.45, 2.75) is 46.6 Å². The lowest BCUT2D eigenvalue weighted by atomic mass is 10.1. The number of rotatable bonds is 8. The van der Waals surface area contributed by atoms with Crippen molar-refractivity contribution in [3.8, 4) is 0 Å². The number of nitrogens with one attached hydrogen (secondary N) is 2. The monoisotopic (exact) mass is 353 g/mol. The Morgan fingerprint density at radius 3 is 2.38 bits per heavy atom. The number of aliphatic imine (C=N–C) groups is 1. The number of aryl methyl sites for hydroxylation is 2. The molecule has 0 aromatic heterocycles. The van der Waals surface area contributed by atoms with E-state index in [9.17, 15) is 8.42 Å². The second-order valence-electron chi connectivity index (χ2n) is 6.47. The molecule has 0 aliphatic carbocycles. The van der Waals surface area contributed by atoms with E-state index < -0.39 is 9.84 Å². The lowest BCUT2D eigenvalue weighted by Crippen LogP contribution is -2.43. The molecule has 0 saturated heterocycles. The van der Waals surface area contributed by atoms with Crippen LogP contribution in [0.3, 0.4) is 0 Å². The predicted octanol–water partition coefficient (Wildman–Crippen LogP) is 2.22. The molecule has 0 spiro atoms. The minimum absolute atomic E-state index is 0.0544. The highest BCUT2D eigenvalue weighted by Crippen LogP contribution is 2.09. The normalized spacial score (nSPS) is 13.6. The molecule has 0 fully saturated rings. The van der Waals surface area contributed by atoms with Crippen molar-refractivity contribution < 1.29 is 8.42 Å². The molecule has 0 saturated carbocycles. The largest absolute Gasteiger partial charge is 0.357 e. The summed E-state index contributed by atoms with van der Waals surface area (Å²) in [7, 11) is -2.93. The summed E-state index contributed by atoms with van der Waals surface area (Å²) in [6, 6.07) is 6.61. The predicted molar refractivity (Wildman–Crippen MR) is 103 cm³/mol. The van der Waals surface area contributed by atoms with Gasteiger partial charge in [-0.25, -0.2) is 8.42 Å². The number of hydrogen-bond donors (Lipinski definition) is 2. The van der Waals surface area contributed by atoms with Crippen molar-refractivity contribution in [2.24, 2.45) is 4.99 Å². The van der Waals surface area contributed by atoms with Crippen LogP contribution in [0.1, 0.15) is 37.0 Å². The Morgan fingerprint density at radius 1 is 1.21 bits per heavy atom. The standard InChI is InChI=1S/C18H31N3O2S/c1-6-19-18(21-16(4)8-10-24(5,22)23)20-9-7-17-12-14(2)11-15(3)13-17/h11-13,16H,6-10H2,1-5H3,(H2,19,20,21). The summed E-state index contributed by atoms with van der Waals surface area (Å²) in [4.78, 5) is 4.60. The van der Waals surface area contributed by atoms with E-state index in [1.165, 1.54) is 22.9 Å². The molecule has 1 unspecified atom stereocenters. The molecule has 6 heteroatoms. The zero-order chi connectivity index (χ0) is 18.2. The third kappa shape index (κ3) is 8.91. The third-order valence-corrected chi connectivity index (χ3v) is 4.58. The summed E-state index contributed by atoms with van der Waals surface area (Å²) < 4.78 is 22.5. The van der Waals surface area contributed by atoms with Crippen LogP contribution in [0.15, 0.2) is 23.2 Å². The van der Waals surface area contributed by atoms with E-state index in [0.717, 1.165) is 18.9 Å². The first-order valence-electron chi connectivity index (χ1n) is 8.49. The summed E-state index contributed by atoms with van der Waals surface area (Å²) in [6.07, 6.45) is 2.72. The Morgan fingerprint density at radius 2 is 1.83 bits per heavy atom. The quantitative estimate of drug-likeness (QED) is 0.555. The van der Waals surface area contributed by atoms with Crippen LogP contribution in [-0.2, 0) is 16.3 Å². The van der Waals surface area contributed by atoms with Crippen LogP contribution < -0.4 is 10.6 Å². The van der Waals surface area contributed by atoms with E-state index >= 15 is 0 Å². The lowest BCUT2D eigenvalue weighted by Gasteiger charge is -2.17. The van der Waals surface area contributed by atoms with Gasteiger partial charge in [0.1, 0.15) is 9.84 Å². The van der Waals surface area contributed by atoms with Crippen LogP contribution in [0.25, 0.3) is 0 Å². The molecule has 0 radical (unpaired) electrons. The highest BCUT2D eigenvalue weighted by atomic mass is 32.2. The van der Waals surface area contributed by atoms with Crippen LogP contribution in [0.2, 0.25) is 0 Å². The van der Waals surface area contributed by atoms with Crippen molar-refractivity contribution in [3.63, 3.8) is 0 Å². The Labute approximate surface area is 146 Å². The van der Waals surface area contributed by atoms with Crippen LogP contribution in [-0.4, -0.2) is 45.5 Å². The van der Waals surface area contributed by atoms with Gasteiger partial charge < -0.3 is 10.6 Å². The van der Waals surface area contributed by atoms with Gasteiger partial charge in [-0.2, -0.15) is 0 Å². The van der Waals surface area contributed by atoms with Gasteiger partial charge in [-0.1, -0.05) is 29.3 Å². The Bertz CT molecular complexity index is 634. The van der Waals surface area contributed by atoms with Crippen LogP contribution >= 0.6 is 0 Å². The number of benzene rings is 1. The van der Waals surface area contributed by atoms with E-state index in [1.54, 1.807) is 0 Å². The lowest BCUT2D eigenvalue weighted by molar-refractivity contribution is 0.581. The topological polar surface area (TPSA) is 70.6 Å². The second kappa shape index (κ2) is 9.67. The van der Waals surface area contributed by atoms with Gasteiger partial charge in [0, 0.05) is 25.4 Å². The maximum Gasteiger partial charge on any atom is 0.191 e. The molecule has 0 amide bonds. The first-order chi connectivity index (χ1) is 11.2. The van der Waals surface area contributed by atoms with E-state index in [-0.39, 0.29) is 11.8 Å². The number of guanidine groups is 1. The number of nitrogens with zero attached hydrogens (tertiary/aromatic N) is 1. The molecular weight excluding hydrogens is 322 g/mol. The maximum atomic E-state index is 11.3. The maximum absolute atomic E-state index is 11.3. The summed E-state index contributed by atoms with van der Waals surface area (Å²) in [5.41, 5.74) is 3.83. The molecular formula is C18H31N3O2S. The smallest absolute Gasteiger partial charge is 0.191 e. The average Bonchev–Trinajstić information content (AvgIpc) is 2.43. The van der Waals surface area contributed by atoms with Crippen molar-refractivity contribution in [3.05, 3.63) is 34.9 Å².